The number of halogens is 2. The molecule has 2 aromatic rings. The highest BCUT2D eigenvalue weighted by atomic mass is 79.9. The van der Waals surface area contributed by atoms with Crippen LogP contribution in [-0.4, -0.2) is 36.9 Å². The average Bonchev–Trinajstić information content (AvgIpc) is 2.57. The molecule has 1 aliphatic heterocycles. The predicted molar refractivity (Wildman–Crippen MR) is 101 cm³/mol. The van der Waals surface area contributed by atoms with Crippen molar-refractivity contribution in [2.24, 2.45) is 4.99 Å². The summed E-state index contributed by atoms with van der Waals surface area (Å²) in [6.45, 7) is 3.95. The minimum absolute atomic E-state index is 0.769. The Morgan fingerprint density at radius 2 is 1.87 bits per heavy atom. The molecule has 0 atom stereocenters. The predicted octanol–water partition coefficient (Wildman–Crippen LogP) is 4.28. The molecule has 0 saturated carbocycles. The fraction of sp³-hybridized carbons (Fsp3) is 0.278. The summed E-state index contributed by atoms with van der Waals surface area (Å²) in [5.74, 6) is 1.09. The molecule has 0 bridgehead atoms. The molecule has 0 spiro atoms. The van der Waals surface area contributed by atoms with Crippen LogP contribution in [0.1, 0.15) is 5.56 Å². The third-order valence-electron chi connectivity index (χ3n) is 3.82. The Hall–Kier alpha value is -1.36. The Bertz CT molecular complexity index is 679. The monoisotopic (exact) mass is 391 g/mol. The number of hydrogen-bond donors (Lipinski definition) is 1. The minimum Gasteiger partial charge on any atom is -0.357 e. The first kappa shape index (κ1) is 16.5. The second kappa shape index (κ2) is 7.95. The van der Waals surface area contributed by atoms with Gasteiger partial charge >= 0.3 is 0 Å². The molecule has 1 aliphatic rings. The second-order valence-electron chi connectivity index (χ2n) is 5.55. The van der Waals surface area contributed by atoms with Crippen LogP contribution in [0, 0.1) is 0 Å². The van der Waals surface area contributed by atoms with Crippen LogP contribution in [0.15, 0.2) is 58.0 Å². The van der Waals surface area contributed by atoms with Gasteiger partial charge in [0.25, 0.3) is 0 Å². The number of benzene rings is 2. The standard InChI is InChI=1S/C18H19BrClN3/c19-15-4-6-17(7-5-15)22-18(23-10-8-21-9-11-23)13-14-2-1-3-16(20)12-14/h1-7,12,21H,8-11,13H2. The van der Waals surface area contributed by atoms with Gasteiger partial charge in [0.05, 0.1) is 5.69 Å². The van der Waals surface area contributed by atoms with Crippen molar-refractivity contribution in [3.8, 4) is 0 Å². The molecule has 1 saturated heterocycles. The lowest BCUT2D eigenvalue weighted by molar-refractivity contribution is 0.353. The first-order valence-electron chi connectivity index (χ1n) is 7.74. The van der Waals surface area contributed by atoms with Gasteiger partial charge < -0.3 is 10.2 Å². The van der Waals surface area contributed by atoms with Crippen LogP contribution in [0.25, 0.3) is 0 Å². The van der Waals surface area contributed by atoms with Crippen molar-refractivity contribution in [3.63, 3.8) is 0 Å². The highest BCUT2D eigenvalue weighted by Gasteiger charge is 2.15. The summed E-state index contributed by atoms with van der Waals surface area (Å²) in [4.78, 5) is 7.26. The summed E-state index contributed by atoms with van der Waals surface area (Å²) >= 11 is 9.59. The van der Waals surface area contributed by atoms with E-state index in [1.807, 2.05) is 42.5 Å². The van der Waals surface area contributed by atoms with Gasteiger partial charge in [-0.1, -0.05) is 39.7 Å². The lowest BCUT2D eigenvalue weighted by Gasteiger charge is -2.30. The fourth-order valence-corrected chi connectivity index (χ4v) is 3.12. The summed E-state index contributed by atoms with van der Waals surface area (Å²) < 4.78 is 1.06. The van der Waals surface area contributed by atoms with E-state index in [1.54, 1.807) is 0 Å². The Balaban J connectivity index is 1.87. The van der Waals surface area contributed by atoms with E-state index in [0.29, 0.717) is 0 Å². The van der Waals surface area contributed by atoms with Gasteiger partial charge in [0.1, 0.15) is 5.84 Å². The zero-order valence-electron chi connectivity index (χ0n) is 12.8. The van der Waals surface area contributed by atoms with Crippen molar-refractivity contribution in [2.45, 2.75) is 6.42 Å². The normalized spacial score (nSPS) is 15.7. The Labute approximate surface area is 150 Å². The third-order valence-corrected chi connectivity index (χ3v) is 4.58. The van der Waals surface area contributed by atoms with Crippen molar-refractivity contribution in [3.05, 3.63) is 63.6 Å². The van der Waals surface area contributed by atoms with Gasteiger partial charge in [-0.2, -0.15) is 0 Å². The molecule has 0 aromatic heterocycles. The molecule has 23 heavy (non-hydrogen) atoms. The second-order valence-corrected chi connectivity index (χ2v) is 6.90. The molecule has 0 radical (unpaired) electrons. The number of piperazine rings is 1. The van der Waals surface area contributed by atoms with E-state index >= 15 is 0 Å². The average molecular weight is 393 g/mol. The van der Waals surface area contributed by atoms with Gasteiger partial charge in [0, 0.05) is 42.1 Å². The molecule has 1 fully saturated rings. The van der Waals surface area contributed by atoms with E-state index < -0.39 is 0 Å². The molecular formula is C18H19BrClN3. The summed E-state index contributed by atoms with van der Waals surface area (Å²) in [6, 6.07) is 16.1. The van der Waals surface area contributed by atoms with Gasteiger partial charge in [-0.3, -0.25) is 0 Å². The van der Waals surface area contributed by atoms with E-state index in [2.05, 4.69) is 32.2 Å². The molecule has 120 valence electrons. The maximum Gasteiger partial charge on any atom is 0.109 e. The van der Waals surface area contributed by atoms with Gasteiger partial charge in [-0.15, -0.1) is 0 Å². The van der Waals surface area contributed by atoms with Crippen LogP contribution in [0.4, 0.5) is 5.69 Å². The Kier molecular flexibility index (Phi) is 5.70. The molecule has 0 unspecified atom stereocenters. The molecule has 1 heterocycles. The third kappa shape index (κ3) is 4.80. The molecule has 3 rings (SSSR count). The van der Waals surface area contributed by atoms with Gasteiger partial charge in [-0.05, 0) is 42.0 Å². The van der Waals surface area contributed by atoms with Crippen molar-refractivity contribution in [1.82, 2.24) is 10.2 Å². The number of rotatable bonds is 3. The molecule has 3 nitrogen and oxygen atoms in total. The molecule has 0 aliphatic carbocycles. The van der Waals surface area contributed by atoms with E-state index in [0.717, 1.165) is 53.6 Å². The molecule has 5 heteroatoms. The van der Waals surface area contributed by atoms with Gasteiger partial charge in [0.15, 0.2) is 0 Å². The van der Waals surface area contributed by atoms with Crippen LogP contribution in [0.3, 0.4) is 0 Å². The first-order chi connectivity index (χ1) is 11.2. The number of nitrogens with zero attached hydrogens (tertiary/aromatic N) is 2. The zero-order valence-corrected chi connectivity index (χ0v) is 15.1. The van der Waals surface area contributed by atoms with Crippen LogP contribution < -0.4 is 5.32 Å². The van der Waals surface area contributed by atoms with E-state index in [4.69, 9.17) is 16.6 Å². The zero-order chi connectivity index (χ0) is 16.1. The van der Waals surface area contributed by atoms with Gasteiger partial charge in [-0.25, -0.2) is 4.99 Å². The number of hydrogen-bond acceptors (Lipinski definition) is 2. The quantitative estimate of drug-likeness (QED) is 0.623. The van der Waals surface area contributed by atoms with Crippen molar-refractivity contribution < 1.29 is 0 Å². The van der Waals surface area contributed by atoms with E-state index in [9.17, 15) is 0 Å². The van der Waals surface area contributed by atoms with Crippen LogP contribution in [0.2, 0.25) is 5.02 Å². The molecule has 2 aromatic carbocycles. The maximum atomic E-state index is 6.12. The lowest BCUT2D eigenvalue weighted by Crippen LogP contribution is -2.47. The summed E-state index contributed by atoms with van der Waals surface area (Å²) in [5.41, 5.74) is 2.16. The minimum atomic E-state index is 0.769. The molecule has 1 N–H and O–H groups in total. The fourth-order valence-electron chi connectivity index (χ4n) is 2.64. The number of amidine groups is 1. The smallest absolute Gasteiger partial charge is 0.109 e. The maximum absolute atomic E-state index is 6.12. The highest BCUT2D eigenvalue weighted by Crippen LogP contribution is 2.19. The summed E-state index contributed by atoms with van der Waals surface area (Å²) in [6.07, 6.45) is 0.788. The van der Waals surface area contributed by atoms with E-state index in [1.165, 1.54) is 5.56 Å². The Morgan fingerprint density at radius 1 is 1.13 bits per heavy atom. The number of aliphatic imine (C=N–C) groups is 1. The topological polar surface area (TPSA) is 27.6 Å². The van der Waals surface area contributed by atoms with Crippen LogP contribution >= 0.6 is 27.5 Å². The number of nitrogens with one attached hydrogen (secondary N) is 1. The van der Waals surface area contributed by atoms with Crippen molar-refractivity contribution in [2.75, 3.05) is 26.2 Å². The van der Waals surface area contributed by atoms with Crippen molar-refractivity contribution in [1.29, 1.82) is 0 Å². The van der Waals surface area contributed by atoms with Crippen LogP contribution in [0.5, 0.6) is 0 Å². The largest absolute Gasteiger partial charge is 0.357 e. The lowest BCUT2D eigenvalue weighted by atomic mass is 10.1. The van der Waals surface area contributed by atoms with Gasteiger partial charge in [0.2, 0.25) is 0 Å². The molecular weight excluding hydrogens is 374 g/mol. The van der Waals surface area contributed by atoms with E-state index in [-0.39, 0.29) is 0 Å². The van der Waals surface area contributed by atoms with Crippen molar-refractivity contribution >= 4 is 39.1 Å². The SMILES string of the molecule is Clc1cccc(CC(=Nc2ccc(Br)cc2)N2CCNCC2)c1. The Morgan fingerprint density at radius 3 is 2.57 bits per heavy atom. The first-order valence-corrected chi connectivity index (χ1v) is 8.91. The summed E-state index contributed by atoms with van der Waals surface area (Å²) in [7, 11) is 0. The van der Waals surface area contributed by atoms with Crippen LogP contribution in [-0.2, 0) is 6.42 Å². The highest BCUT2D eigenvalue weighted by molar-refractivity contribution is 9.10. The summed E-state index contributed by atoms with van der Waals surface area (Å²) in [5, 5.41) is 4.16. The molecule has 0 amide bonds.